The summed E-state index contributed by atoms with van der Waals surface area (Å²) in [6.45, 7) is 3.48. The van der Waals surface area contributed by atoms with E-state index in [1.54, 1.807) is 44.2 Å². The standard InChI is InChI=1S/C43H45N3O12/c1-41(2)25-53-39(51)37(41)55-32(49)18-17-26-11-9-10-12-27(26)24-46-35-38(50)54-30-23-42(35,40(52)45-20-19-31(48)44-21-22-47)36(58-46)34-33(30)56-43(57-34,28-13-5-3-6-14-28)29-15-7-4-8-16-29/h3-18,30,33-37,47H,19-25H2,1-2H3,(H,44,48)(H,45,52). The van der Waals surface area contributed by atoms with Crippen LogP contribution < -0.4 is 10.6 Å². The molecule has 0 spiro atoms. The highest BCUT2D eigenvalue weighted by molar-refractivity contribution is 5.94. The number of hydrogen-bond donors (Lipinski definition) is 3. The molecule has 1 aliphatic carbocycles. The Morgan fingerprint density at radius 1 is 0.879 bits per heavy atom. The van der Waals surface area contributed by atoms with E-state index in [1.807, 2.05) is 60.7 Å². The Kier molecular flexibility index (Phi) is 10.7. The lowest BCUT2D eigenvalue weighted by Crippen LogP contribution is -2.69. The molecule has 0 aromatic heterocycles. The fraction of sp³-hybridized carbons (Fsp3) is 0.419. The Hall–Kier alpha value is -5.45. The minimum absolute atomic E-state index is 0.0160. The lowest BCUT2D eigenvalue weighted by molar-refractivity contribution is -0.213. The predicted molar refractivity (Wildman–Crippen MR) is 202 cm³/mol. The Labute approximate surface area is 334 Å². The molecule has 4 aliphatic heterocycles. The highest BCUT2D eigenvalue weighted by Gasteiger charge is 2.76. The number of carbonyl (C=O) groups is 5. The first-order valence-corrected chi connectivity index (χ1v) is 19.4. The second-order valence-electron chi connectivity index (χ2n) is 15.8. The lowest BCUT2D eigenvalue weighted by atomic mass is 9.62. The Balaban J connectivity index is 1.12. The van der Waals surface area contributed by atoms with Crippen molar-refractivity contribution < 1.29 is 57.6 Å². The SMILES string of the molecule is CC1(C)COC(=O)C1OC(=O)C=Cc1ccccc1CN1OC2C3OC(c4ccccc4)(c4ccccc4)OC3C3CC2(C(=O)NCCC(=O)NCCO)C1C(=O)O3. The van der Waals surface area contributed by atoms with E-state index in [0.29, 0.717) is 22.3 Å². The number of hydrogen-bond acceptors (Lipinski definition) is 13. The molecule has 8 rings (SSSR count). The average molecular weight is 796 g/mol. The molecule has 2 bridgehead atoms. The molecule has 15 nitrogen and oxygen atoms in total. The van der Waals surface area contributed by atoms with Crippen LogP contribution in [0.1, 0.15) is 48.9 Å². The van der Waals surface area contributed by atoms with Gasteiger partial charge in [-0.1, -0.05) is 98.8 Å². The summed E-state index contributed by atoms with van der Waals surface area (Å²) in [5.41, 5.74) is 0.406. The van der Waals surface area contributed by atoms with E-state index in [4.69, 9.17) is 33.6 Å². The summed E-state index contributed by atoms with van der Waals surface area (Å²) in [5.74, 6) is -4.33. The molecule has 4 heterocycles. The van der Waals surface area contributed by atoms with Gasteiger partial charge in [-0.25, -0.2) is 9.59 Å². The van der Waals surface area contributed by atoms with E-state index < -0.39 is 77.0 Å². The van der Waals surface area contributed by atoms with Crippen LogP contribution in [0.2, 0.25) is 0 Å². The maximum Gasteiger partial charge on any atom is 0.348 e. The van der Waals surface area contributed by atoms with Crippen LogP contribution in [-0.2, 0) is 64.8 Å². The number of nitrogens with zero attached hydrogens (tertiary/aromatic N) is 1. The first kappa shape index (κ1) is 39.4. The van der Waals surface area contributed by atoms with Gasteiger partial charge in [-0.05, 0) is 17.2 Å². The molecule has 3 aromatic carbocycles. The first-order valence-electron chi connectivity index (χ1n) is 19.4. The van der Waals surface area contributed by atoms with E-state index in [1.165, 1.54) is 11.1 Å². The van der Waals surface area contributed by atoms with Crippen molar-refractivity contribution in [2.24, 2.45) is 10.8 Å². The van der Waals surface area contributed by atoms with Crippen molar-refractivity contribution in [3.8, 4) is 0 Å². The largest absolute Gasteiger partial charge is 0.462 e. The van der Waals surface area contributed by atoms with Gasteiger partial charge in [-0.2, -0.15) is 5.06 Å². The van der Waals surface area contributed by atoms with Crippen LogP contribution in [0.25, 0.3) is 6.08 Å². The van der Waals surface area contributed by atoms with E-state index >= 15 is 0 Å². The minimum Gasteiger partial charge on any atom is -0.462 e. The quantitative estimate of drug-likeness (QED) is 0.130. The van der Waals surface area contributed by atoms with Gasteiger partial charge in [-0.3, -0.25) is 19.2 Å². The monoisotopic (exact) mass is 795 g/mol. The zero-order valence-electron chi connectivity index (χ0n) is 32.0. The molecule has 304 valence electrons. The maximum absolute atomic E-state index is 14.7. The van der Waals surface area contributed by atoms with Crippen molar-refractivity contribution in [1.29, 1.82) is 0 Å². The second-order valence-corrected chi connectivity index (χ2v) is 15.8. The molecule has 58 heavy (non-hydrogen) atoms. The van der Waals surface area contributed by atoms with E-state index in [0.717, 1.165) is 0 Å². The molecule has 7 unspecified atom stereocenters. The fourth-order valence-electron chi connectivity index (χ4n) is 8.68. The van der Waals surface area contributed by atoms with Crippen molar-refractivity contribution in [1.82, 2.24) is 15.7 Å². The number of benzene rings is 3. The summed E-state index contributed by atoms with van der Waals surface area (Å²) in [6.07, 6.45) is -1.96. The summed E-state index contributed by atoms with van der Waals surface area (Å²) >= 11 is 0. The summed E-state index contributed by atoms with van der Waals surface area (Å²) in [7, 11) is 0. The number of aliphatic hydroxyl groups is 1. The Bertz CT molecular complexity index is 2050. The Morgan fingerprint density at radius 2 is 1.55 bits per heavy atom. The molecule has 3 aromatic rings. The number of nitrogens with one attached hydrogen (secondary N) is 2. The fourth-order valence-corrected chi connectivity index (χ4v) is 8.68. The molecule has 7 atom stereocenters. The molecule has 0 radical (unpaired) electrons. The van der Waals surface area contributed by atoms with Gasteiger partial charge in [0.05, 0.1) is 13.2 Å². The maximum atomic E-state index is 14.7. The summed E-state index contributed by atoms with van der Waals surface area (Å²) in [5, 5.41) is 16.0. The minimum atomic E-state index is -1.53. The number of fused-ring (bicyclic) bond motifs is 4. The van der Waals surface area contributed by atoms with Crippen molar-refractivity contribution in [2.45, 2.75) is 75.6 Å². The first-order chi connectivity index (χ1) is 28.0. The van der Waals surface area contributed by atoms with Crippen LogP contribution in [-0.4, -0.2) is 103 Å². The highest BCUT2D eigenvalue weighted by atomic mass is 16.8. The molecule has 4 saturated heterocycles. The van der Waals surface area contributed by atoms with Crippen molar-refractivity contribution >= 4 is 35.8 Å². The summed E-state index contributed by atoms with van der Waals surface area (Å²) in [4.78, 5) is 73.3. The van der Waals surface area contributed by atoms with Crippen LogP contribution in [0.5, 0.6) is 0 Å². The second kappa shape index (κ2) is 15.7. The number of esters is 3. The molecule has 2 amide bonds. The van der Waals surface area contributed by atoms with Gasteiger partial charge in [0, 0.05) is 48.5 Å². The zero-order valence-corrected chi connectivity index (χ0v) is 32.0. The van der Waals surface area contributed by atoms with Gasteiger partial charge < -0.3 is 39.4 Å². The van der Waals surface area contributed by atoms with Crippen LogP contribution in [0, 0.1) is 10.8 Å². The molecule has 1 saturated carbocycles. The normalized spacial score (nSPS) is 29.0. The lowest BCUT2D eigenvalue weighted by Gasteiger charge is -2.48. The predicted octanol–water partition coefficient (Wildman–Crippen LogP) is 2.29. The number of aliphatic hydroxyl groups excluding tert-OH is 1. The van der Waals surface area contributed by atoms with Crippen molar-refractivity contribution in [2.75, 3.05) is 26.3 Å². The van der Waals surface area contributed by atoms with Crippen molar-refractivity contribution in [3.63, 3.8) is 0 Å². The smallest absolute Gasteiger partial charge is 0.348 e. The number of hydroxylamine groups is 2. The van der Waals surface area contributed by atoms with E-state index in [9.17, 15) is 24.0 Å². The third-order valence-electron chi connectivity index (χ3n) is 11.5. The average Bonchev–Trinajstić information content (AvgIpc) is 3.88. The van der Waals surface area contributed by atoms with Gasteiger partial charge in [-0.15, -0.1) is 0 Å². The molecular weight excluding hydrogens is 750 g/mol. The van der Waals surface area contributed by atoms with Gasteiger partial charge in [0.2, 0.25) is 23.7 Å². The van der Waals surface area contributed by atoms with Gasteiger partial charge in [0.1, 0.15) is 36.4 Å². The van der Waals surface area contributed by atoms with Crippen LogP contribution in [0.4, 0.5) is 0 Å². The topological polar surface area (TPSA) is 188 Å². The molecule has 3 N–H and O–H groups in total. The number of carbonyl (C=O) groups excluding carboxylic acids is 5. The molecule has 5 aliphatic rings. The Morgan fingerprint density at radius 3 is 2.22 bits per heavy atom. The van der Waals surface area contributed by atoms with Crippen LogP contribution >= 0.6 is 0 Å². The molecular formula is C43H45N3O12. The molecule has 15 heteroatoms. The number of cyclic esters (lactones) is 1. The van der Waals surface area contributed by atoms with E-state index in [-0.39, 0.29) is 51.6 Å². The van der Waals surface area contributed by atoms with Gasteiger partial charge in [0.25, 0.3) is 0 Å². The number of amides is 2. The van der Waals surface area contributed by atoms with Gasteiger partial charge >= 0.3 is 17.9 Å². The van der Waals surface area contributed by atoms with Crippen LogP contribution in [0.15, 0.2) is 91.0 Å². The summed E-state index contributed by atoms with van der Waals surface area (Å²) < 4.78 is 30.6. The van der Waals surface area contributed by atoms with Crippen molar-refractivity contribution in [3.05, 3.63) is 113 Å². The highest BCUT2D eigenvalue weighted by Crippen LogP contribution is 2.59. The third-order valence-corrected chi connectivity index (χ3v) is 11.5. The number of ether oxygens (including phenoxy) is 5. The van der Waals surface area contributed by atoms with Crippen LogP contribution in [0.3, 0.4) is 0 Å². The summed E-state index contributed by atoms with van der Waals surface area (Å²) in [6, 6.07) is 24.7. The van der Waals surface area contributed by atoms with E-state index in [2.05, 4.69) is 10.6 Å². The zero-order chi connectivity index (χ0) is 40.7. The van der Waals surface area contributed by atoms with Gasteiger partial charge in [0.15, 0.2) is 6.04 Å². The number of rotatable bonds is 13. The molecule has 5 fully saturated rings. The third kappa shape index (κ3) is 6.96.